The Labute approximate surface area is 138 Å². The van der Waals surface area contributed by atoms with Crippen molar-refractivity contribution < 1.29 is 14.3 Å². The quantitative estimate of drug-likeness (QED) is 0.759. The number of amides is 2. The van der Waals surface area contributed by atoms with Gasteiger partial charge in [0.25, 0.3) is 0 Å². The molecule has 0 aromatic heterocycles. The van der Waals surface area contributed by atoms with E-state index >= 15 is 0 Å². The summed E-state index contributed by atoms with van der Waals surface area (Å²) in [6.45, 7) is 6.13. The molecule has 1 aromatic rings. The molecule has 0 saturated carbocycles. The van der Waals surface area contributed by atoms with E-state index < -0.39 is 6.04 Å². The van der Waals surface area contributed by atoms with Crippen LogP contribution in [0.5, 0.6) is 5.75 Å². The lowest BCUT2D eigenvalue weighted by Crippen LogP contribution is -2.41. The maximum atomic E-state index is 12.5. The van der Waals surface area contributed by atoms with Gasteiger partial charge in [0.05, 0.1) is 19.1 Å². The number of carbonyl (C=O) groups excluding carboxylic acids is 2. The molecule has 0 spiro atoms. The zero-order valence-electron chi connectivity index (χ0n) is 14.3. The summed E-state index contributed by atoms with van der Waals surface area (Å²) >= 11 is 0. The number of nitrogens with two attached hydrogens (primary N) is 1. The third kappa shape index (κ3) is 5.56. The minimum atomic E-state index is -0.435. The SMILES string of the molecule is CCOc1ccccc1C(CC(=O)N(C)C(C)CN)NC(C)=O. The lowest BCUT2D eigenvalue weighted by molar-refractivity contribution is -0.132. The van der Waals surface area contributed by atoms with Gasteiger partial charge in [-0.05, 0) is 19.9 Å². The number of rotatable bonds is 8. The van der Waals surface area contributed by atoms with E-state index in [1.807, 2.05) is 38.1 Å². The standard InChI is InChI=1S/C17H27N3O3/c1-5-23-16-9-7-6-8-14(16)15(19-13(3)21)10-17(22)20(4)12(2)11-18/h6-9,12,15H,5,10-11,18H2,1-4H3,(H,19,21). The average Bonchev–Trinajstić information content (AvgIpc) is 2.53. The molecule has 0 fully saturated rings. The third-order valence-corrected chi connectivity index (χ3v) is 3.75. The van der Waals surface area contributed by atoms with E-state index in [1.165, 1.54) is 6.92 Å². The second-order valence-corrected chi connectivity index (χ2v) is 5.52. The summed E-state index contributed by atoms with van der Waals surface area (Å²) in [7, 11) is 1.72. The fourth-order valence-corrected chi connectivity index (χ4v) is 2.26. The van der Waals surface area contributed by atoms with Crippen molar-refractivity contribution in [1.29, 1.82) is 0 Å². The first-order chi connectivity index (χ1) is 10.9. The summed E-state index contributed by atoms with van der Waals surface area (Å²) < 4.78 is 5.61. The maximum absolute atomic E-state index is 12.5. The van der Waals surface area contributed by atoms with Crippen LogP contribution in [0.2, 0.25) is 0 Å². The highest BCUT2D eigenvalue weighted by molar-refractivity contribution is 5.79. The van der Waals surface area contributed by atoms with Gasteiger partial charge in [0.2, 0.25) is 11.8 Å². The first-order valence-electron chi connectivity index (χ1n) is 7.85. The van der Waals surface area contributed by atoms with Gasteiger partial charge in [0.1, 0.15) is 5.75 Å². The molecule has 2 unspecified atom stereocenters. The highest BCUT2D eigenvalue weighted by atomic mass is 16.5. The molecule has 6 nitrogen and oxygen atoms in total. The molecule has 0 radical (unpaired) electrons. The number of para-hydroxylation sites is 1. The van der Waals surface area contributed by atoms with Gasteiger partial charge in [-0.25, -0.2) is 0 Å². The van der Waals surface area contributed by atoms with Crippen molar-refractivity contribution in [3.63, 3.8) is 0 Å². The molecule has 0 aliphatic heterocycles. The number of nitrogens with zero attached hydrogens (tertiary/aromatic N) is 1. The van der Waals surface area contributed by atoms with Crippen LogP contribution in [-0.2, 0) is 9.59 Å². The zero-order valence-corrected chi connectivity index (χ0v) is 14.3. The Morgan fingerprint density at radius 2 is 2.00 bits per heavy atom. The number of nitrogens with one attached hydrogen (secondary N) is 1. The van der Waals surface area contributed by atoms with Crippen LogP contribution < -0.4 is 15.8 Å². The molecule has 1 aromatic carbocycles. The van der Waals surface area contributed by atoms with Crippen LogP contribution >= 0.6 is 0 Å². The zero-order chi connectivity index (χ0) is 17.4. The van der Waals surface area contributed by atoms with Crippen molar-refractivity contribution >= 4 is 11.8 Å². The van der Waals surface area contributed by atoms with E-state index in [9.17, 15) is 9.59 Å². The van der Waals surface area contributed by atoms with Gasteiger partial charge in [-0.15, -0.1) is 0 Å². The second kappa shape index (κ2) is 9.15. The van der Waals surface area contributed by atoms with Gasteiger partial charge in [-0.3, -0.25) is 9.59 Å². The lowest BCUT2D eigenvalue weighted by atomic mass is 10.0. The van der Waals surface area contributed by atoms with Crippen LogP contribution in [0.3, 0.4) is 0 Å². The fraction of sp³-hybridized carbons (Fsp3) is 0.529. The molecule has 1 rings (SSSR count). The predicted molar refractivity (Wildman–Crippen MR) is 90.1 cm³/mol. The van der Waals surface area contributed by atoms with Crippen LogP contribution in [0.1, 0.15) is 38.8 Å². The topological polar surface area (TPSA) is 84.7 Å². The molecule has 2 atom stereocenters. The van der Waals surface area contributed by atoms with Crippen molar-refractivity contribution in [3.05, 3.63) is 29.8 Å². The number of likely N-dealkylation sites (N-methyl/N-ethyl adjacent to an activating group) is 1. The molecule has 128 valence electrons. The monoisotopic (exact) mass is 321 g/mol. The number of benzene rings is 1. The van der Waals surface area contributed by atoms with Crippen LogP contribution in [0, 0.1) is 0 Å². The Morgan fingerprint density at radius 1 is 1.35 bits per heavy atom. The van der Waals surface area contributed by atoms with Gasteiger partial charge in [-0.1, -0.05) is 18.2 Å². The Hall–Kier alpha value is -2.08. The van der Waals surface area contributed by atoms with Gasteiger partial charge >= 0.3 is 0 Å². The van der Waals surface area contributed by atoms with Crippen molar-refractivity contribution in [2.24, 2.45) is 5.73 Å². The van der Waals surface area contributed by atoms with E-state index in [4.69, 9.17) is 10.5 Å². The minimum absolute atomic E-state index is 0.0531. The number of hydrogen-bond acceptors (Lipinski definition) is 4. The van der Waals surface area contributed by atoms with Gasteiger partial charge in [0, 0.05) is 32.1 Å². The summed E-state index contributed by atoms with van der Waals surface area (Å²) in [5.74, 6) is 0.410. The lowest BCUT2D eigenvalue weighted by Gasteiger charge is -2.27. The molecule has 0 heterocycles. The molecule has 6 heteroatoms. The molecule has 0 aliphatic carbocycles. The van der Waals surface area contributed by atoms with E-state index in [2.05, 4.69) is 5.32 Å². The van der Waals surface area contributed by atoms with E-state index in [1.54, 1.807) is 11.9 Å². The normalized spacial score (nSPS) is 13.1. The number of carbonyl (C=O) groups is 2. The molecule has 3 N–H and O–H groups in total. The largest absolute Gasteiger partial charge is 0.494 e. The van der Waals surface area contributed by atoms with Crippen molar-refractivity contribution in [2.75, 3.05) is 20.2 Å². The number of ether oxygens (including phenoxy) is 1. The first kappa shape index (κ1) is 19.0. The maximum Gasteiger partial charge on any atom is 0.225 e. The van der Waals surface area contributed by atoms with Crippen molar-refractivity contribution in [2.45, 2.75) is 39.3 Å². The minimum Gasteiger partial charge on any atom is -0.494 e. The van der Waals surface area contributed by atoms with Gasteiger partial charge in [-0.2, -0.15) is 0 Å². The van der Waals surface area contributed by atoms with Crippen LogP contribution in [-0.4, -0.2) is 43.0 Å². The Kier molecular flexibility index (Phi) is 7.54. The van der Waals surface area contributed by atoms with Gasteiger partial charge in [0.15, 0.2) is 0 Å². The summed E-state index contributed by atoms with van der Waals surface area (Å²) in [6.07, 6.45) is 0.157. The van der Waals surface area contributed by atoms with Crippen LogP contribution in [0.15, 0.2) is 24.3 Å². The van der Waals surface area contributed by atoms with E-state index in [0.29, 0.717) is 18.9 Å². The predicted octanol–water partition coefficient (Wildman–Crippen LogP) is 1.46. The van der Waals surface area contributed by atoms with Crippen molar-refractivity contribution in [3.8, 4) is 5.75 Å². The molecular formula is C17H27N3O3. The Morgan fingerprint density at radius 3 is 2.57 bits per heavy atom. The first-order valence-corrected chi connectivity index (χ1v) is 7.85. The average molecular weight is 321 g/mol. The molecule has 2 amide bonds. The van der Waals surface area contributed by atoms with E-state index in [0.717, 1.165) is 5.56 Å². The summed E-state index contributed by atoms with van der Waals surface area (Å²) in [5, 5.41) is 2.84. The summed E-state index contributed by atoms with van der Waals surface area (Å²) in [4.78, 5) is 25.6. The number of hydrogen-bond donors (Lipinski definition) is 2. The van der Waals surface area contributed by atoms with E-state index in [-0.39, 0.29) is 24.3 Å². The highest BCUT2D eigenvalue weighted by Crippen LogP contribution is 2.28. The smallest absolute Gasteiger partial charge is 0.225 e. The Balaban J connectivity index is 3.01. The fourth-order valence-electron chi connectivity index (χ4n) is 2.26. The van der Waals surface area contributed by atoms with Gasteiger partial charge < -0.3 is 20.7 Å². The highest BCUT2D eigenvalue weighted by Gasteiger charge is 2.23. The molecule has 0 saturated heterocycles. The molecular weight excluding hydrogens is 294 g/mol. The molecule has 0 aliphatic rings. The van der Waals surface area contributed by atoms with Crippen molar-refractivity contribution in [1.82, 2.24) is 10.2 Å². The van der Waals surface area contributed by atoms with Crippen LogP contribution in [0.4, 0.5) is 0 Å². The second-order valence-electron chi connectivity index (χ2n) is 5.52. The summed E-state index contributed by atoms with van der Waals surface area (Å²) in [6, 6.07) is 6.95. The third-order valence-electron chi connectivity index (χ3n) is 3.75. The summed E-state index contributed by atoms with van der Waals surface area (Å²) in [5.41, 5.74) is 6.41. The Bertz CT molecular complexity index is 534. The molecule has 23 heavy (non-hydrogen) atoms. The van der Waals surface area contributed by atoms with Crippen LogP contribution in [0.25, 0.3) is 0 Å². The molecule has 0 bridgehead atoms.